The molecule has 0 saturated carbocycles. The Bertz CT molecular complexity index is 801. The standard InChI is InChI=1S/C20H25N3O3S/c1-5-15-8-6-7-9-17(15)23-18(24)12-26-19(25)11-10-16-13(2)21-20(27-4)22-14(16)3/h6-9H,5,10-12H2,1-4H3,(H,23,24). The van der Waals surface area contributed by atoms with Gasteiger partial charge in [-0.1, -0.05) is 36.9 Å². The Morgan fingerprint density at radius 2 is 1.81 bits per heavy atom. The van der Waals surface area contributed by atoms with E-state index in [0.717, 1.165) is 39.8 Å². The lowest BCUT2D eigenvalue weighted by atomic mass is 10.1. The number of anilines is 1. The van der Waals surface area contributed by atoms with Crippen molar-refractivity contribution < 1.29 is 14.3 Å². The third-order valence-electron chi connectivity index (χ3n) is 4.20. The number of rotatable bonds is 8. The molecular formula is C20H25N3O3S. The normalized spacial score (nSPS) is 10.5. The van der Waals surface area contributed by atoms with Crippen molar-refractivity contribution in [2.45, 2.75) is 45.2 Å². The first-order chi connectivity index (χ1) is 12.9. The number of hydrogen-bond donors (Lipinski definition) is 1. The van der Waals surface area contributed by atoms with Gasteiger partial charge in [0.25, 0.3) is 5.91 Å². The number of aromatic nitrogens is 2. The van der Waals surface area contributed by atoms with Crippen molar-refractivity contribution in [3.63, 3.8) is 0 Å². The molecule has 0 unspecified atom stereocenters. The van der Waals surface area contributed by atoms with Crippen molar-refractivity contribution in [2.24, 2.45) is 0 Å². The molecule has 0 aliphatic heterocycles. The fourth-order valence-corrected chi connectivity index (χ4v) is 3.20. The van der Waals surface area contributed by atoms with Gasteiger partial charge < -0.3 is 10.1 Å². The summed E-state index contributed by atoms with van der Waals surface area (Å²) in [5.41, 5.74) is 4.48. The van der Waals surface area contributed by atoms with Gasteiger partial charge in [0.15, 0.2) is 11.8 Å². The molecule has 2 rings (SSSR count). The Balaban J connectivity index is 1.83. The zero-order chi connectivity index (χ0) is 19.8. The summed E-state index contributed by atoms with van der Waals surface area (Å²) in [5.74, 6) is -0.758. The summed E-state index contributed by atoms with van der Waals surface area (Å²) in [6.07, 6.45) is 3.41. The maximum Gasteiger partial charge on any atom is 0.306 e. The van der Waals surface area contributed by atoms with Crippen molar-refractivity contribution >= 4 is 29.3 Å². The summed E-state index contributed by atoms with van der Waals surface area (Å²) < 4.78 is 5.10. The molecule has 0 radical (unpaired) electrons. The Morgan fingerprint density at radius 3 is 2.44 bits per heavy atom. The zero-order valence-corrected chi connectivity index (χ0v) is 17.0. The molecule has 1 aromatic heterocycles. The highest BCUT2D eigenvalue weighted by atomic mass is 32.2. The number of thioether (sulfide) groups is 1. The highest BCUT2D eigenvalue weighted by Crippen LogP contribution is 2.17. The van der Waals surface area contributed by atoms with Crippen LogP contribution in [-0.4, -0.2) is 34.7 Å². The van der Waals surface area contributed by atoms with E-state index in [1.54, 1.807) is 0 Å². The number of para-hydroxylation sites is 1. The molecule has 6 nitrogen and oxygen atoms in total. The monoisotopic (exact) mass is 387 g/mol. The molecule has 27 heavy (non-hydrogen) atoms. The van der Waals surface area contributed by atoms with E-state index < -0.39 is 5.97 Å². The molecule has 0 bridgehead atoms. The predicted molar refractivity (Wildman–Crippen MR) is 107 cm³/mol. The average Bonchev–Trinajstić information content (AvgIpc) is 2.65. The van der Waals surface area contributed by atoms with Crippen molar-refractivity contribution in [2.75, 3.05) is 18.2 Å². The van der Waals surface area contributed by atoms with E-state index in [4.69, 9.17) is 4.74 Å². The first-order valence-corrected chi connectivity index (χ1v) is 10.1. The van der Waals surface area contributed by atoms with E-state index in [0.29, 0.717) is 6.42 Å². The quantitative estimate of drug-likeness (QED) is 0.424. The average molecular weight is 388 g/mol. The van der Waals surface area contributed by atoms with Crippen molar-refractivity contribution in [1.82, 2.24) is 9.97 Å². The van der Waals surface area contributed by atoms with Gasteiger partial charge in [0.2, 0.25) is 0 Å². The lowest BCUT2D eigenvalue weighted by molar-refractivity contribution is -0.147. The lowest BCUT2D eigenvalue weighted by Gasteiger charge is -2.11. The summed E-state index contributed by atoms with van der Waals surface area (Å²) in [6.45, 7) is 5.54. The van der Waals surface area contributed by atoms with Gasteiger partial charge in [0.1, 0.15) is 0 Å². The van der Waals surface area contributed by atoms with Crippen LogP contribution in [0.1, 0.15) is 35.9 Å². The number of aryl methyl sites for hydroxylation is 3. The lowest BCUT2D eigenvalue weighted by Crippen LogP contribution is -2.21. The number of amides is 1. The molecule has 1 heterocycles. The fraction of sp³-hybridized carbons (Fsp3) is 0.400. The SMILES string of the molecule is CCc1ccccc1NC(=O)COC(=O)CCc1c(C)nc(SC)nc1C. The molecular weight excluding hydrogens is 362 g/mol. The molecule has 7 heteroatoms. The zero-order valence-electron chi connectivity index (χ0n) is 16.2. The molecule has 0 fully saturated rings. The van der Waals surface area contributed by atoms with Crippen LogP contribution in [0, 0.1) is 13.8 Å². The van der Waals surface area contributed by atoms with E-state index in [1.807, 2.05) is 51.3 Å². The molecule has 0 aliphatic carbocycles. The van der Waals surface area contributed by atoms with Crippen molar-refractivity contribution in [3.8, 4) is 0 Å². The Hall–Kier alpha value is -2.41. The second kappa shape index (κ2) is 10.1. The molecule has 1 amide bonds. The summed E-state index contributed by atoms with van der Waals surface area (Å²) in [5, 5.41) is 3.51. The molecule has 0 aliphatic rings. The van der Waals surface area contributed by atoms with Gasteiger partial charge in [-0.15, -0.1) is 0 Å². The molecule has 1 aromatic carbocycles. The van der Waals surface area contributed by atoms with Gasteiger partial charge >= 0.3 is 5.97 Å². The number of esters is 1. The molecule has 0 atom stereocenters. The Morgan fingerprint density at radius 1 is 1.15 bits per heavy atom. The highest BCUT2D eigenvalue weighted by Gasteiger charge is 2.13. The topological polar surface area (TPSA) is 81.2 Å². The number of carbonyl (C=O) groups is 2. The smallest absolute Gasteiger partial charge is 0.306 e. The summed E-state index contributed by atoms with van der Waals surface area (Å²) in [4.78, 5) is 32.8. The fourth-order valence-electron chi connectivity index (χ4n) is 2.74. The van der Waals surface area contributed by atoms with Crippen LogP contribution >= 0.6 is 11.8 Å². The summed E-state index contributed by atoms with van der Waals surface area (Å²) >= 11 is 1.49. The van der Waals surface area contributed by atoms with E-state index in [-0.39, 0.29) is 18.9 Å². The maximum absolute atomic E-state index is 12.0. The predicted octanol–water partition coefficient (Wildman–Crippen LogP) is 3.49. The van der Waals surface area contributed by atoms with E-state index in [9.17, 15) is 9.59 Å². The van der Waals surface area contributed by atoms with Crippen LogP contribution in [0.5, 0.6) is 0 Å². The van der Waals surface area contributed by atoms with Crippen LogP contribution in [0.4, 0.5) is 5.69 Å². The van der Waals surface area contributed by atoms with Crippen molar-refractivity contribution in [1.29, 1.82) is 0 Å². The van der Waals surface area contributed by atoms with Crippen LogP contribution in [0.3, 0.4) is 0 Å². The third kappa shape index (κ3) is 6.06. The van der Waals surface area contributed by atoms with Gasteiger partial charge in [-0.3, -0.25) is 9.59 Å². The summed E-state index contributed by atoms with van der Waals surface area (Å²) in [6, 6.07) is 7.57. The molecule has 2 aromatic rings. The Kier molecular flexibility index (Phi) is 7.79. The van der Waals surface area contributed by atoms with E-state index in [2.05, 4.69) is 15.3 Å². The first kappa shape index (κ1) is 20.9. The second-order valence-electron chi connectivity index (χ2n) is 6.08. The minimum atomic E-state index is -0.415. The van der Waals surface area contributed by atoms with Gasteiger partial charge in [-0.05, 0) is 50.1 Å². The number of nitrogens with zero attached hydrogens (tertiary/aromatic N) is 2. The molecule has 1 N–H and O–H groups in total. The molecule has 0 spiro atoms. The third-order valence-corrected chi connectivity index (χ3v) is 4.75. The van der Waals surface area contributed by atoms with Gasteiger partial charge in [0, 0.05) is 23.5 Å². The van der Waals surface area contributed by atoms with E-state index >= 15 is 0 Å². The van der Waals surface area contributed by atoms with E-state index in [1.165, 1.54) is 11.8 Å². The number of carbonyl (C=O) groups excluding carboxylic acids is 2. The Labute approximate surface area is 164 Å². The van der Waals surface area contributed by atoms with Gasteiger partial charge in [0.05, 0.1) is 0 Å². The number of benzene rings is 1. The highest BCUT2D eigenvalue weighted by molar-refractivity contribution is 7.98. The minimum absolute atomic E-state index is 0.183. The van der Waals surface area contributed by atoms with Gasteiger partial charge in [-0.25, -0.2) is 9.97 Å². The largest absolute Gasteiger partial charge is 0.456 e. The number of nitrogens with one attached hydrogen (secondary N) is 1. The molecule has 144 valence electrons. The van der Waals surface area contributed by atoms with Crippen LogP contribution < -0.4 is 5.32 Å². The number of ether oxygens (including phenoxy) is 1. The van der Waals surface area contributed by atoms with Crippen LogP contribution in [0.2, 0.25) is 0 Å². The van der Waals surface area contributed by atoms with Crippen LogP contribution in [0.25, 0.3) is 0 Å². The van der Waals surface area contributed by atoms with Crippen LogP contribution in [-0.2, 0) is 27.2 Å². The van der Waals surface area contributed by atoms with Crippen molar-refractivity contribution in [3.05, 3.63) is 46.8 Å². The van der Waals surface area contributed by atoms with Gasteiger partial charge in [-0.2, -0.15) is 0 Å². The van der Waals surface area contributed by atoms with Crippen LogP contribution in [0.15, 0.2) is 29.4 Å². The first-order valence-electron chi connectivity index (χ1n) is 8.86. The number of hydrogen-bond acceptors (Lipinski definition) is 6. The minimum Gasteiger partial charge on any atom is -0.456 e. The second-order valence-corrected chi connectivity index (χ2v) is 6.85. The molecule has 0 saturated heterocycles. The maximum atomic E-state index is 12.0. The summed E-state index contributed by atoms with van der Waals surface area (Å²) in [7, 11) is 0.